The highest BCUT2D eigenvalue weighted by molar-refractivity contribution is 5.72. The lowest BCUT2D eigenvalue weighted by atomic mass is 10.2. The van der Waals surface area contributed by atoms with Gasteiger partial charge in [-0.25, -0.2) is 9.97 Å². The van der Waals surface area contributed by atoms with E-state index in [1.165, 1.54) is 0 Å². The number of nitrogens with zero attached hydrogens (tertiary/aromatic N) is 2. The van der Waals surface area contributed by atoms with Crippen molar-refractivity contribution in [2.75, 3.05) is 20.0 Å². The van der Waals surface area contributed by atoms with Crippen LogP contribution >= 0.6 is 0 Å². The number of imidazole rings is 1. The van der Waals surface area contributed by atoms with Crippen LogP contribution in [0.4, 0.5) is 5.95 Å². The van der Waals surface area contributed by atoms with Crippen molar-refractivity contribution < 1.29 is 9.47 Å². The number of hydrogen-bond donors (Lipinski definition) is 2. The van der Waals surface area contributed by atoms with E-state index in [0.29, 0.717) is 28.8 Å². The Balaban J connectivity index is 2.60. The number of pyridine rings is 1. The average molecular weight is 220 g/mol. The Labute approximate surface area is 92.4 Å². The number of nitrogen functional groups attached to an aromatic ring is 1. The van der Waals surface area contributed by atoms with Crippen LogP contribution in [0.2, 0.25) is 0 Å². The fourth-order valence-electron chi connectivity index (χ4n) is 1.46. The van der Waals surface area contributed by atoms with E-state index >= 15 is 0 Å². The van der Waals surface area contributed by atoms with Crippen LogP contribution in [0.1, 0.15) is 0 Å². The summed E-state index contributed by atoms with van der Waals surface area (Å²) in [6.07, 6.45) is 3.22. The molecule has 0 saturated heterocycles. The van der Waals surface area contributed by atoms with Crippen LogP contribution in [0.5, 0.6) is 11.6 Å². The fraction of sp³-hybridized carbons (Fsp3) is 0.200. The van der Waals surface area contributed by atoms with E-state index in [-0.39, 0.29) is 0 Å². The number of nitrogens with two attached hydrogens (primary N) is 1. The molecule has 0 bridgehead atoms. The molecular weight excluding hydrogens is 208 g/mol. The van der Waals surface area contributed by atoms with Crippen molar-refractivity contribution in [1.29, 1.82) is 0 Å². The normalized spacial score (nSPS) is 10.1. The molecule has 6 heteroatoms. The Kier molecular flexibility index (Phi) is 2.63. The molecule has 0 radical (unpaired) electrons. The average Bonchev–Trinajstić information content (AvgIpc) is 2.74. The van der Waals surface area contributed by atoms with Gasteiger partial charge in [-0.2, -0.15) is 0 Å². The van der Waals surface area contributed by atoms with E-state index in [0.717, 1.165) is 0 Å². The van der Waals surface area contributed by atoms with Crippen LogP contribution in [0.15, 0.2) is 18.5 Å². The van der Waals surface area contributed by atoms with Crippen LogP contribution in [0.25, 0.3) is 11.3 Å². The Morgan fingerprint density at radius 3 is 2.62 bits per heavy atom. The van der Waals surface area contributed by atoms with E-state index in [9.17, 15) is 0 Å². The first kappa shape index (κ1) is 10.3. The molecule has 0 aliphatic rings. The number of aromatic amines is 1. The molecule has 0 amide bonds. The Morgan fingerprint density at radius 1 is 1.25 bits per heavy atom. The van der Waals surface area contributed by atoms with Gasteiger partial charge in [-0.3, -0.25) is 0 Å². The van der Waals surface area contributed by atoms with Crippen molar-refractivity contribution in [1.82, 2.24) is 15.0 Å². The van der Waals surface area contributed by atoms with Crippen LogP contribution in [-0.4, -0.2) is 29.2 Å². The van der Waals surface area contributed by atoms with Gasteiger partial charge in [0.1, 0.15) is 11.3 Å². The fourth-order valence-corrected chi connectivity index (χ4v) is 1.46. The van der Waals surface area contributed by atoms with Gasteiger partial charge in [-0.1, -0.05) is 0 Å². The third-order valence-corrected chi connectivity index (χ3v) is 2.16. The predicted molar refractivity (Wildman–Crippen MR) is 59.3 cm³/mol. The van der Waals surface area contributed by atoms with Crippen molar-refractivity contribution >= 4 is 5.95 Å². The van der Waals surface area contributed by atoms with E-state index in [4.69, 9.17) is 15.2 Å². The van der Waals surface area contributed by atoms with E-state index in [2.05, 4.69) is 15.0 Å². The quantitative estimate of drug-likeness (QED) is 0.808. The highest BCUT2D eigenvalue weighted by Gasteiger charge is 2.15. The summed E-state index contributed by atoms with van der Waals surface area (Å²) in [5.41, 5.74) is 6.94. The van der Waals surface area contributed by atoms with Crippen LogP contribution < -0.4 is 15.2 Å². The number of rotatable bonds is 3. The number of nitrogens with one attached hydrogen (secondary N) is 1. The molecule has 0 unspecified atom stereocenters. The maximum absolute atomic E-state index is 5.53. The monoisotopic (exact) mass is 220 g/mol. The number of aromatic nitrogens is 3. The first-order valence-corrected chi connectivity index (χ1v) is 4.64. The molecule has 6 nitrogen and oxygen atoms in total. The van der Waals surface area contributed by atoms with Gasteiger partial charge < -0.3 is 20.2 Å². The van der Waals surface area contributed by atoms with Crippen molar-refractivity contribution in [2.24, 2.45) is 0 Å². The summed E-state index contributed by atoms with van der Waals surface area (Å²) >= 11 is 0. The Morgan fingerprint density at radius 2 is 2.06 bits per heavy atom. The first-order valence-electron chi connectivity index (χ1n) is 4.64. The molecule has 0 aliphatic heterocycles. The molecule has 2 aromatic rings. The third-order valence-electron chi connectivity index (χ3n) is 2.16. The molecule has 16 heavy (non-hydrogen) atoms. The van der Waals surface area contributed by atoms with E-state index in [1.54, 1.807) is 32.7 Å². The summed E-state index contributed by atoms with van der Waals surface area (Å²) in [6, 6.07) is 1.74. The Hall–Kier alpha value is -2.24. The highest BCUT2D eigenvalue weighted by Crippen LogP contribution is 2.35. The molecule has 0 atom stereocenters. The molecule has 0 saturated carbocycles. The zero-order valence-corrected chi connectivity index (χ0v) is 9.02. The lowest BCUT2D eigenvalue weighted by molar-refractivity contribution is 0.385. The van der Waals surface area contributed by atoms with Crippen LogP contribution in [0, 0.1) is 0 Å². The smallest absolute Gasteiger partial charge is 0.226 e. The number of hydrogen-bond acceptors (Lipinski definition) is 5. The summed E-state index contributed by atoms with van der Waals surface area (Å²) in [6.45, 7) is 0. The number of H-pyrrole nitrogens is 1. The maximum Gasteiger partial charge on any atom is 0.226 e. The number of methoxy groups -OCH3 is 2. The second-order valence-corrected chi connectivity index (χ2v) is 3.08. The van der Waals surface area contributed by atoms with Crippen LogP contribution in [0.3, 0.4) is 0 Å². The molecule has 2 rings (SSSR count). The van der Waals surface area contributed by atoms with Gasteiger partial charge in [0, 0.05) is 6.20 Å². The molecular formula is C10H12N4O2. The second-order valence-electron chi connectivity index (χ2n) is 3.08. The summed E-state index contributed by atoms with van der Waals surface area (Å²) < 4.78 is 10.4. The largest absolute Gasteiger partial charge is 0.496 e. The van der Waals surface area contributed by atoms with Gasteiger partial charge in [0.15, 0.2) is 5.95 Å². The van der Waals surface area contributed by atoms with E-state index in [1.807, 2.05) is 0 Å². The molecule has 2 aromatic heterocycles. The summed E-state index contributed by atoms with van der Waals surface area (Å²) in [7, 11) is 3.13. The van der Waals surface area contributed by atoms with Gasteiger partial charge in [-0.05, 0) is 6.07 Å². The zero-order chi connectivity index (χ0) is 11.5. The molecule has 0 aliphatic carbocycles. The SMILES string of the molecule is COc1ccnc(OC)c1-c1cnc(N)[nH]1. The molecule has 2 heterocycles. The van der Waals surface area contributed by atoms with Crippen LogP contribution in [-0.2, 0) is 0 Å². The topological polar surface area (TPSA) is 86.1 Å². The van der Waals surface area contributed by atoms with Gasteiger partial charge in [0.05, 0.1) is 26.1 Å². The summed E-state index contributed by atoms with van der Waals surface area (Å²) in [5, 5.41) is 0. The van der Waals surface area contributed by atoms with Gasteiger partial charge in [0.2, 0.25) is 5.88 Å². The minimum absolute atomic E-state index is 0.336. The lowest BCUT2D eigenvalue weighted by Crippen LogP contribution is -1.95. The Bertz CT molecular complexity index is 473. The van der Waals surface area contributed by atoms with Crippen molar-refractivity contribution in [2.45, 2.75) is 0 Å². The van der Waals surface area contributed by atoms with Crippen molar-refractivity contribution in [3.05, 3.63) is 18.5 Å². The summed E-state index contributed by atoms with van der Waals surface area (Å²) in [5.74, 6) is 1.45. The predicted octanol–water partition coefficient (Wildman–Crippen LogP) is 1.07. The summed E-state index contributed by atoms with van der Waals surface area (Å²) in [4.78, 5) is 10.9. The minimum Gasteiger partial charge on any atom is -0.496 e. The van der Waals surface area contributed by atoms with Gasteiger partial charge >= 0.3 is 0 Å². The molecule has 0 fully saturated rings. The van der Waals surface area contributed by atoms with Crippen molar-refractivity contribution in [3.8, 4) is 22.9 Å². The van der Waals surface area contributed by atoms with Crippen molar-refractivity contribution in [3.63, 3.8) is 0 Å². The number of anilines is 1. The van der Waals surface area contributed by atoms with Gasteiger partial charge in [0.25, 0.3) is 0 Å². The number of ether oxygens (including phenoxy) is 2. The lowest BCUT2D eigenvalue weighted by Gasteiger charge is -2.09. The first-order chi connectivity index (χ1) is 7.76. The van der Waals surface area contributed by atoms with Gasteiger partial charge in [-0.15, -0.1) is 0 Å². The molecule has 0 spiro atoms. The standard InChI is InChI=1S/C10H12N4O2/c1-15-7-3-4-12-9(16-2)8(7)6-5-13-10(11)14-6/h3-5H,1-2H3,(H3,11,13,14). The zero-order valence-electron chi connectivity index (χ0n) is 9.02. The molecule has 0 aromatic carbocycles. The molecule has 3 N–H and O–H groups in total. The molecule has 84 valence electrons. The third kappa shape index (κ3) is 1.65. The highest BCUT2D eigenvalue weighted by atomic mass is 16.5. The second kappa shape index (κ2) is 4.09. The van der Waals surface area contributed by atoms with E-state index < -0.39 is 0 Å². The maximum atomic E-state index is 5.53. The minimum atomic E-state index is 0.336.